The van der Waals surface area contributed by atoms with Crippen LogP contribution in [0.5, 0.6) is 0 Å². The van der Waals surface area contributed by atoms with Crippen molar-refractivity contribution in [2.24, 2.45) is 0 Å². The molecule has 0 saturated heterocycles. The molecule has 0 amide bonds. The molecule has 0 aliphatic heterocycles. The molecular weight excluding hydrogens is 260 g/mol. The van der Waals surface area contributed by atoms with E-state index in [-0.39, 0.29) is 5.97 Å². The number of carbonyl (C=O) groups excluding carboxylic acids is 1. The summed E-state index contributed by atoms with van der Waals surface area (Å²) in [7, 11) is 0. The largest absolute Gasteiger partial charge is 0.466 e. The highest BCUT2D eigenvalue weighted by Crippen LogP contribution is 2.21. The fourth-order valence-corrected chi connectivity index (χ4v) is 2.14. The Kier molecular flexibility index (Phi) is 5.71. The van der Waals surface area contributed by atoms with Gasteiger partial charge in [-0.2, -0.15) is 0 Å². The smallest absolute Gasteiger partial charge is 0.306 e. The number of hydrogen-bond donors (Lipinski definition) is 0. The van der Waals surface area contributed by atoms with Crippen LogP contribution in [0.15, 0.2) is 5.16 Å². The first-order chi connectivity index (χ1) is 8.08. The molecule has 17 heavy (non-hydrogen) atoms. The van der Waals surface area contributed by atoms with Gasteiger partial charge in [0.25, 0.3) is 0 Å². The zero-order valence-electron chi connectivity index (χ0n) is 10.1. The highest BCUT2D eigenvalue weighted by molar-refractivity contribution is 7.98. The first kappa shape index (κ1) is 14.3. The number of thioether (sulfide) groups is 1. The number of esters is 1. The van der Waals surface area contributed by atoms with Gasteiger partial charge < -0.3 is 4.74 Å². The molecule has 0 bridgehead atoms. The fraction of sp³-hybridized carbons (Fsp3) is 0.545. The zero-order valence-corrected chi connectivity index (χ0v) is 11.7. The van der Waals surface area contributed by atoms with Gasteiger partial charge in [-0.25, -0.2) is 9.97 Å². The average Bonchev–Trinajstić information content (AvgIpc) is 2.28. The molecule has 0 aliphatic rings. The SMILES string of the molecule is CCOC(=O)CCc1c(C)nc(SC)nc1Cl. The summed E-state index contributed by atoms with van der Waals surface area (Å²) in [6, 6.07) is 0. The highest BCUT2D eigenvalue weighted by atomic mass is 35.5. The van der Waals surface area contributed by atoms with E-state index in [0.717, 1.165) is 11.3 Å². The van der Waals surface area contributed by atoms with Crippen molar-refractivity contribution in [2.75, 3.05) is 12.9 Å². The normalized spacial score (nSPS) is 10.4. The molecule has 0 aliphatic carbocycles. The maximum absolute atomic E-state index is 11.3. The molecule has 4 nitrogen and oxygen atoms in total. The van der Waals surface area contributed by atoms with Crippen molar-refractivity contribution in [1.29, 1.82) is 0 Å². The van der Waals surface area contributed by atoms with Crippen LogP contribution in [0.2, 0.25) is 5.15 Å². The summed E-state index contributed by atoms with van der Waals surface area (Å²) in [4.78, 5) is 19.7. The third-order valence-electron chi connectivity index (χ3n) is 2.21. The number of aryl methyl sites for hydroxylation is 1. The number of ether oxygens (including phenoxy) is 1. The molecular formula is C11H15ClN2O2S. The van der Waals surface area contributed by atoms with E-state index in [0.29, 0.717) is 29.8 Å². The standard InChI is InChI=1S/C11H15ClN2O2S/c1-4-16-9(15)6-5-8-7(2)13-11(17-3)14-10(8)12/h4-6H2,1-3H3. The Bertz CT molecular complexity index is 389. The summed E-state index contributed by atoms with van der Waals surface area (Å²) >= 11 is 7.50. The van der Waals surface area contributed by atoms with Gasteiger partial charge in [0, 0.05) is 17.7 Å². The van der Waals surface area contributed by atoms with Crippen LogP contribution in [0, 0.1) is 6.92 Å². The van der Waals surface area contributed by atoms with E-state index in [1.54, 1.807) is 6.92 Å². The van der Waals surface area contributed by atoms with E-state index < -0.39 is 0 Å². The summed E-state index contributed by atoms with van der Waals surface area (Å²) in [5.74, 6) is -0.225. The molecule has 94 valence electrons. The van der Waals surface area contributed by atoms with E-state index in [4.69, 9.17) is 16.3 Å². The fourth-order valence-electron chi connectivity index (χ4n) is 1.37. The molecule has 1 aromatic rings. The Balaban J connectivity index is 2.74. The van der Waals surface area contributed by atoms with Crippen molar-refractivity contribution >= 4 is 29.3 Å². The number of aromatic nitrogens is 2. The lowest BCUT2D eigenvalue weighted by Crippen LogP contribution is -2.07. The summed E-state index contributed by atoms with van der Waals surface area (Å²) in [6.07, 6.45) is 2.71. The Morgan fingerprint density at radius 2 is 2.18 bits per heavy atom. The topological polar surface area (TPSA) is 52.1 Å². The van der Waals surface area contributed by atoms with Crippen LogP contribution in [0.3, 0.4) is 0 Å². The first-order valence-electron chi connectivity index (χ1n) is 5.31. The molecule has 0 radical (unpaired) electrons. The van der Waals surface area contributed by atoms with Crippen molar-refractivity contribution < 1.29 is 9.53 Å². The molecule has 6 heteroatoms. The molecule has 1 rings (SSSR count). The Morgan fingerprint density at radius 3 is 2.71 bits per heavy atom. The van der Waals surface area contributed by atoms with Crippen molar-refractivity contribution in [3.05, 3.63) is 16.4 Å². The van der Waals surface area contributed by atoms with Crippen LogP contribution in [-0.4, -0.2) is 28.8 Å². The minimum absolute atomic E-state index is 0.225. The van der Waals surface area contributed by atoms with Crippen LogP contribution in [0.25, 0.3) is 0 Å². The quantitative estimate of drug-likeness (QED) is 0.358. The second-order valence-corrected chi connectivity index (χ2v) is 4.50. The van der Waals surface area contributed by atoms with Crippen LogP contribution in [0.4, 0.5) is 0 Å². The first-order valence-corrected chi connectivity index (χ1v) is 6.91. The summed E-state index contributed by atoms with van der Waals surface area (Å²) < 4.78 is 4.86. The number of halogens is 1. The number of carbonyl (C=O) groups is 1. The number of rotatable bonds is 5. The minimum atomic E-state index is -0.225. The predicted molar refractivity (Wildman–Crippen MR) is 68.5 cm³/mol. The predicted octanol–water partition coefficient (Wildman–Crippen LogP) is 2.66. The Morgan fingerprint density at radius 1 is 1.47 bits per heavy atom. The second-order valence-electron chi connectivity index (χ2n) is 3.37. The number of hydrogen-bond acceptors (Lipinski definition) is 5. The monoisotopic (exact) mass is 274 g/mol. The van der Waals surface area contributed by atoms with Gasteiger partial charge in [-0.15, -0.1) is 0 Å². The number of nitrogens with zero attached hydrogens (tertiary/aromatic N) is 2. The van der Waals surface area contributed by atoms with Gasteiger partial charge in [-0.1, -0.05) is 23.4 Å². The van der Waals surface area contributed by atoms with Crippen LogP contribution in [-0.2, 0) is 16.0 Å². The molecule has 0 fully saturated rings. The van der Waals surface area contributed by atoms with Crippen LogP contribution in [0.1, 0.15) is 24.6 Å². The highest BCUT2D eigenvalue weighted by Gasteiger charge is 2.12. The lowest BCUT2D eigenvalue weighted by molar-refractivity contribution is -0.143. The molecule has 1 heterocycles. The van der Waals surface area contributed by atoms with Crippen molar-refractivity contribution in [1.82, 2.24) is 9.97 Å². The summed E-state index contributed by atoms with van der Waals surface area (Å²) in [5, 5.41) is 1.07. The van der Waals surface area contributed by atoms with Crippen LogP contribution < -0.4 is 0 Å². The van der Waals surface area contributed by atoms with Gasteiger partial charge in [0.05, 0.1) is 6.61 Å². The lowest BCUT2D eigenvalue weighted by Gasteiger charge is -2.08. The van der Waals surface area contributed by atoms with E-state index >= 15 is 0 Å². The third-order valence-corrected chi connectivity index (χ3v) is 3.07. The molecule has 0 atom stereocenters. The van der Waals surface area contributed by atoms with Gasteiger partial charge in [0.15, 0.2) is 5.16 Å². The second kappa shape index (κ2) is 6.81. The van der Waals surface area contributed by atoms with Gasteiger partial charge in [-0.05, 0) is 26.5 Å². The lowest BCUT2D eigenvalue weighted by atomic mass is 10.1. The zero-order chi connectivity index (χ0) is 12.8. The molecule has 0 N–H and O–H groups in total. The van der Waals surface area contributed by atoms with Crippen molar-refractivity contribution in [3.63, 3.8) is 0 Å². The van der Waals surface area contributed by atoms with Crippen molar-refractivity contribution in [3.8, 4) is 0 Å². The minimum Gasteiger partial charge on any atom is -0.466 e. The molecule has 0 spiro atoms. The summed E-state index contributed by atoms with van der Waals surface area (Å²) in [5.41, 5.74) is 1.64. The Hall–Kier alpha value is -0.810. The maximum Gasteiger partial charge on any atom is 0.306 e. The van der Waals surface area contributed by atoms with Crippen molar-refractivity contribution in [2.45, 2.75) is 31.8 Å². The molecule has 0 aromatic carbocycles. The Labute approximate surface area is 110 Å². The van der Waals surface area contributed by atoms with Gasteiger partial charge in [0.1, 0.15) is 5.15 Å². The van der Waals surface area contributed by atoms with Crippen LogP contribution >= 0.6 is 23.4 Å². The van der Waals surface area contributed by atoms with E-state index in [2.05, 4.69) is 9.97 Å². The molecule has 1 aromatic heterocycles. The maximum atomic E-state index is 11.3. The van der Waals surface area contributed by atoms with Gasteiger partial charge in [0.2, 0.25) is 0 Å². The van der Waals surface area contributed by atoms with Gasteiger partial charge >= 0.3 is 5.97 Å². The van der Waals surface area contributed by atoms with E-state index in [1.165, 1.54) is 11.8 Å². The van der Waals surface area contributed by atoms with Gasteiger partial charge in [-0.3, -0.25) is 4.79 Å². The third kappa shape index (κ3) is 4.16. The van der Waals surface area contributed by atoms with E-state index in [9.17, 15) is 4.79 Å². The average molecular weight is 275 g/mol. The summed E-state index contributed by atoms with van der Waals surface area (Å²) in [6.45, 7) is 4.05. The molecule has 0 unspecified atom stereocenters. The molecule has 0 saturated carbocycles. The van der Waals surface area contributed by atoms with E-state index in [1.807, 2.05) is 13.2 Å².